The molecule has 0 radical (unpaired) electrons. The number of unbranched alkanes of at least 4 members (excludes halogenated alkanes) is 1. The van der Waals surface area contributed by atoms with E-state index in [0.717, 1.165) is 32.5 Å². The van der Waals surface area contributed by atoms with Crippen LogP contribution >= 0.6 is 0 Å². The predicted octanol–water partition coefficient (Wildman–Crippen LogP) is 0.962. The van der Waals surface area contributed by atoms with Crippen molar-refractivity contribution in [3.05, 3.63) is 0 Å². The highest BCUT2D eigenvalue weighted by molar-refractivity contribution is 5.67. The van der Waals surface area contributed by atoms with Crippen molar-refractivity contribution in [1.82, 2.24) is 4.90 Å². The third-order valence-corrected chi connectivity index (χ3v) is 2.56. The summed E-state index contributed by atoms with van der Waals surface area (Å²) in [7, 11) is 0. The molecule has 0 aromatic carbocycles. The molecule has 0 spiro atoms. The first kappa shape index (κ1) is 11.5. The Balaban J connectivity index is 2.37. The average Bonchev–Trinajstić information content (AvgIpc) is 2.16. The minimum atomic E-state index is -0.734. The zero-order valence-electron chi connectivity index (χ0n) is 8.74. The van der Waals surface area contributed by atoms with Gasteiger partial charge < -0.3 is 9.84 Å². The molecule has 1 N–H and O–H groups in total. The predicted molar refractivity (Wildman–Crippen MR) is 53.3 cm³/mol. The lowest BCUT2D eigenvalue weighted by atomic mass is 10.1. The number of carbonyl (C=O) groups is 1. The van der Waals surface area contributed by atoms with Gasteiger partial charge in [-0.15, -0.1) is 0 Å². The molecule has 0 bridgehead atoms. The molecule has 0 aliphatic carbocycles. The van der Waals surface area contributed by atoms with E-state index in [2.05, 4.69) is 11.8 Å². The number of morpholine rings is 1. The number of carboxylic acids is 1. The maximum Gasteiger partial charge on any atom is 0.305 e. The Morgan fingerprint density at radius 1 is 1.64 bits per heavy atom. The molecule has 1 heterocycles. The maximum absolute atomic E-state index is 10.6. The largest absolute Gasteiger partial charge is 0.481 e. The fraction of sp³-hybridized carbons (Fsp3) is 0.900. The van der Waals surface area contributed by atoms with Crippen LogP contribution in [0.25, 0.3) is 0 Å². The van der Waals surface area contributed by atoms with Crippen LogP contribution < -0.4 is 0 Å². The zero-order valence-corrected chi connectivity index (χ0v) is 8.74. The Bertz CT molecular complexity index is 184. The number of aliphatic carboxylic acids is 1. The highest BCUT2D eigenvalue weighted by Crippen LogP contribution is 2.11. The van der Waals surface area contributed by atoms with Crippen LogP contribution in [0.2, 0.25) is 0 Å². The summed E-state index contributed by atoms with van der Waals surface area (Å²) in [5, 5.41) is 8.73. The van der Waals surface area contributed by atoms with Crippen molar-refractivity contribution in [2.75, 3.05) is 26.3 Å². The Kier molecular flexibility index (Phi) is 4.90. The number of carboxylic acid groups (broad SMARTS) is 1. The van der Waals surface area contributed by atoms with Gasteiger partial charge in [0.2, 0.25) is 0 Å². The summed E-state index contributed by atoms with van der Waals surface area (Å²) in [4.78, 5) is 12.8. The lowest BCUT2D eigenvalue weighted by Gasteiger charge is -2.34. The molecule has 4 nitrogen and oxygen atoms in total. The minimum Gasteiger partial charge on any atom is -0.481 e. The number of ether oxygens (including phenoxy) is 1. The normalized spacial score (nSPS) is 23.6. The van der Waals surface area contributed by atoms with Gasteiger partial charge in [-0.3, -0.25) is 9.69 Å². The Labute approximate surface area is 84.8 Å². The molecule has 1 aliphatic heterocycles. The number of nitrogens with zero attached hydrogens (tertiary/aromatic N) is 1. The van der Waals surface area contributed by atoms with Crippen molar-refractivity contribution in [3.63, 3.8) is 0 Å². The third kappa shape index (κ3) is 3.64. The minimum absolute atomic E-state index is 0.0767. The van der Waals surface area contributed by atoms with Gasteiger partial charge in [0.15, 0.2) is 0 Å². The second-order valence-electron chi connectivity index (χ2n) is 3.72. The average molecular weight is 201 g/mol. The summed E-state index contributed by atoms with van der Waals surface area (Å²) in [6, 6.07) is 0.0767. The summed E-state index contributed by atoms with van der Waals surface area (Å²) in [5.74, 6) is -0.734. The molecule has 14 heavy (non-hydrogen) atoms. The van der Waals surface area contributed by atoms with Crippen LogP contribution in [0.4, 0.5) is 0 Å². The number of rotatable bonds is 5. The van der Waals surface area contributed by atoms with Crippen molar-refractivity contribution in [1.29, 1.82) is 0 Å². The lowest BCUT2D eigenvalue weighted by Crippen LogP contribution is -2.46. The molecule has 1 rings (SSSR count). The van der Waals surface area contributed by atoms with E-state index in [1.807, 2.05) is 0 Å². The van der Waals surface area contributed by atoms with Crippen molar-refractivity contribution in [2.45, 2.75) is 32.2 Å². The maximum atomic E-state index is 10.6. The first-order valence-corrected chi connectivity index (χ1v) is 5.27. The fourth-order valence-corrected chi connectivity index (χ4v) is 1.73. The van der Waals surface area contributed by atoms with Gasteiger partial charge in [-0.1, -0.05) is 13.3 Å². The van der Waals surface area contributed by atoms with E-state index in [-0.39, 0.29) is 12.5 Å². The van der Waals surface area contributed by atoms with Gasteiger partial charge in [0.1, 0.15) is 0 Å². The second-order valence-corrected chi connectivity index (χ2v) is 3.72. The van der Waals surface area contributed by atoms with Gasteiger partial charge in [-0.25, -0.2) is 0 Å². The Morgan fingerprint density at radius 3 is 3.07 bits per heavy atom. The molecular weight excluding hydrogens is 182 g/mol. The van der Waals surface area contributed by atoms with Gasteiger partial charge in [0, 0.05) is 12.6 Å². The summed E-state index contributed by atoms with van der Waals surface area (Å²) in [6.07, 6.45) is 2.48. The van der Waals surface area contributed by atoms with Gasteiger partial charge in [0.25, 0.3) is 0 Å². The third-order valence-electron chi connectivity index (χ3n) is 2.56. The van der Waals surface area contributed by atoms with Gasteiger partial charge >= 0.3 is 5.97 Å². The van der Waals surface area contributed by atoms with Crippen molar-refractivity contribution in [3.8, 4) is 0 Å². The monoisotopic (exact) mass is 201 g/mol. The molecule has 0 aromatic heterocycles. The molecular formula is C10H19NO3. The Hall–Kier alpha value is -0.610. The van der Waals surface area contributed by atoms with Crippen molar-refractivity contribution < 1.29 is 14.6 Å². The van der Waals surface area contributed by atoms with Crippen LogP contribution in [0, 0.1) is 0 Å². The lowest BCUT2D eigenvalue weighted by molar-refractivity contribution is -0.140. The van der Waals surface area contributed by atoms with Crippen LogP contribution in [0.3, 0.4) is 0 Å². The molecule has 0 aromatic rings. The van der Waals surface area contributed by atoms with Crippen LogP contribution in [0.15, 0.2) is 0 Å². The molecule has 82 valence electrons. The molecule has 1 atom stereocenters. The molecule has 1 fully saturated rings. The quantitative estimate of drug-likeness (QED) is 0.720. The van der Waals surface area contributed by atoms with E-state index >= 15 is 0 Å². The SMILES string of the molecule is CCCCN1CCOCC1CC(=O)O. The standard InChI is InChI=1S/C10H19NO3/c1-2-3-4-11-5-6-14-8-9(11)7-10(12)13/h9H,2-8H2,1H3,(H,12,13). The van der Waals surface area contributed by atoms with Gasteiger partial charge in [-0.05, 0) is 13.0 Å². The first-order chi connectivity index (χ1) is 6.74. The molecule has 1 unspecified atom stereocenters. The highest BCUT2D eigenvalue weighted by Gasteiger charge is 2.24. The molecule has 0 saturated carbocycles. The molecule has 1 aliphatic rings. The van der Waals surface area contributed by atoms with Crippen molar-refractivity contribution in [2.24, 2.45) is 0 Å². The highest BCUT2D eigenvalue weighted by atomic mass is 16.5. The van der Waals surface area contributed by atoms with Crippen LogP contribution in [0.5, 0.6) is 0 Å². The van der Waals surface area contributed by atoms with E-state index in [9.17, 15) is 4.79 Å². The topological polar surface area (TPSA) is 49.8 Å². The molecule has 4 heteroatoms. The van der Waals surface area contributed by atoms with Crippen LogP contribution in [-0.2, 0) is 9.53 Å². The first-order valence-electron chi connectivity index (χ1n) is 5.27. The number of hydrogen-bond acceptors (Lipinski definition) is 3. The van der Waals surface area contributed by atoms with E-state index < -0.39 is 5.97 Å². The van der Waals surface area contributed by atoms with E-state index in [1.165, 1.54) is 0 Å². The second kappa shape index (κ2) is 5.98. The smallest absolute Gasteiger partial charge is 0.305 e. The summed E-state index contributed by atoms with van der Waals surface area (Å²) in [5.41, 5.74) is 0. The van der Waals surface area contributed by atoms with Gasteiger partial charge in [0.05, 0.1) is 19.6 Å². The summed E-state index contributed by atoms with van der Waals surface area (Å²) >= 11 is 0. The zero-order chi connectivity index (χ0) is 10.4. The molecule has 1 saturated heterocycles. The van der Waals surface area contributed by atoms with E-state index in [1.54, 1.807) is 0 Å². The van der Waals surface area contributed by atoms with E-state index in [0.29, 0.717) is 6.61 Å². The summed E-state index contributed by atoms with van der Waals surface area (Å²) < 4.78 is 5.29. The summed E-state index contributed by atoms with van der Waals surface area (Å²) in [6.45, 7) is 5.32. The molecule has 0 amide bonds. The van der Waals surface area contributed by atoms with E-state index in [4.69, 9.17) is 9.84 Å². The Morgan fingerprint density at radius 2 is 2.43 bits per heavy atom. The van der Waals surface area contributed by atoms with Crippen LogP contribution in [0.1, 0.15) is 26.2 Å². The fourth-order valence-electron chi connectivity index (χ4n) is 1.73. The van der Waals surface area contributed by atoms with Crippen molar-refractivity contribution >= 4 is 5.97 Å². The van der Waals surface area contributed by atoms with Gasteiger partial charge in [-0.2, -0.15) is 0 Å². The van der Waals surface area contributed by atoms with Crippen LogP contribution in [-0.4, -0.2) is 48.3 Å². The number of hydrogen-bond donors (Lipinski definition) is 1.